The van der Waals surface area contributed by atoms with Gasteiger partial charge < -0.3 is 13.1 Å². The molecule has 8 heteroatoms. The molecule has 0 bridgehead atoms. The zero-order valence-corrected chi connectivity index (χ0v) is 9.65. The molecule has 2 heterocycles. The number of alkyl halides is 3. The van der Waals surface area contributed by atoms with E-state index in [0.717, 1.165) is 6.20 Å². The highest BCUT2D eigenvalue weighted by atomic mass is 19.4. The summed E-state index contributed by atoms with van der Waals surface area (Å²) >= 11 is 0. The SMILES string of the molecule is CC(C)=C1Nc2cc(C(F)(F)F)cc[n+]2[B-]1(F)F. The molecule has 2 nitrogen and oxygen atoms in total. The van der Waals surface area contributed by atoms with Gasteiger partial charge in [0.05, 0.1) is 11.2 Å². The molecule has 1 aromatic rings. The molecule has 0 spiro atoms. The minimum atomic E-state index is -4.55. The van der Waals surface area contributed by atoms with Gasteiger partial charge in [0.25, 0.3) is 0 Å². The Hall–Kier alpha value is -1.60. The number of allylic oxidation sites excluding steroid dienone is 1. The Morgan fingerprint density at radius 2 is 1.89 bits per heavy atom. The van der Waals surface area contributed by atoms with Crippen LogP contribution in [0.2, 0.25) is 0 Å². The molecule has 0 amide bonds. The van der Waals surface area contributed by atoms with Crippen molar-refractivity contribution in [3.63, 3.8) is 0 Å². The Bertz CT molecular complexity index is 532. The number of hydrogen-bond acceptors (Lipinski definition) is 1. The van der Waals surface area contributed by atoms with Gasteiger partial charge >= 0.3 is 13.0 Å². The van der Waals surface area contributed by atoms with Crippen LogP contribution in [0.15, 0.2) is 29.5 Å². The summed E-state index contributed by atoms with van der Waals surface area (Å²) in [6.07, 6.45) is -3.78. The van der Waals surface area contributed by atoms with Crippen molar-refractivity contribution in [1.29, 1.82) is 0 Å². The van der Waals surface area contributed by atoms with E-state index in [1.165, 1.54) is 13.8 Å². The maximum atomic E-state index is 13.9. The molecule has 0 radical (unpaired) electrons. The van der Waals surface area contributed by atoms with Crippen LogP contribution in [0.5, 0.6) is 0 Å². The summed E-state index contributed by atoms with van der Waals surface area (Å²) in [5.74, 6) is -0.244. The first-order chi connectivity index (χ1) is 8.14. The number of rotatable bonds is 0. The second kappa shape index (κ2) is 3.70. The van der Waals surface area contributed by atoms with E-state index in [4.69, 9.17) is 0 Å². The maximum Gasteiger partial charge on any atom is 0.586 e. The predicted molar refractivity (Wildman–Crippen MR) is 57.0 cm³/mol. The maximum absolute atomic E-state index is 13.9. The first-order valence-corrected chi connectivity index (χ1v) is 5.23. The van der Waals surface area contributed by atoms with Crippen LogP contribution in [0, 0.1) is 0 Å². The quantitative estimate of drug-likeness (QED) is 0.562. The van der Waals surface area contributed by atoms with Crippen molar-refractivity contribution < 1.29 is 26.3 Å². The van der Waals surface area contributed by atoms with Crippen LogP contribution in [0.1, 0.15) is 19.4 Å². The van der Waals surface area contributed by atoms with E-state index in [-0.39, 0.29) is 11.4 Å². The molecule has 0 saturated carbocycles. The third-order valence-corrected chi connectivity index (χ3v) is 2.81. The summed E-state index contributed by atoms with van der Waals surface area (Å²) in [6.45, 7) is -1.09. The Kier molecular flexibility index (Phi) is 2.64. The molecule has 1 aromatic heterocycles. The Labute approximate surface area is 100 Å². The predicted octanol–water partition coefficient (Wildman–Crippen LogP) is 2.98. The first kappa shape index (κ1) is 12.9. The van der Waals surface area contributed by atoms with Crippen LogP contribution in [0.25, 0.3) is 0 Å². The molecular weight excluding hydrogens is 254 g/mol. The lowest BCUT2D eigenvalue weighted by atomic mass is 9.74. The normalized spacial score (nSPS) is 17.4. The van der Waals surface area contributed by atoms with E-state index in [1.54, 1.807) is 0 Å². The van der Waals surface area contributed by atoms with Crippen LogP contribution >= 0.6 is 0 Å². The van der Waals surface area contributed by atoms with E-state index in [0.29, 0.717) is 22.2 Å². The average molecular weight is 264 g/mol. The van der Waals surface area contributed by atoms with Crippen molar-refractivity contribution in [2.75, 3.05) is 5.32 Å². The van der Waals surface area contributed by atoms with Gasteiger partial charge in [0.2, 0.25) is 5.82 Å². The van der Waals surface area contributed by atoms with Crippen molar-refractivity contribution in [1.82, 2.24) is 0 Å². The summed E-state index contributed by atoms with van der Waals surface area (Å²) in [6, 6.07) is 1.33. The van der Waals surface area contributed by atoms with Gasteiger partial charge in [0, 0.05) is 12.3 Å². The molecule has 1 aliphatic heterocycles. The van der Waals surface area contributed by atoms with E-state index < -0.39 is 18.6 Å². The molecule has 2 rings (SSSR count). The zero-order chi connectivity index (χ0) is 13.7. The van der Waals surface area contributed by atoms with E-state index >= 15 is 0 Å². The number of hydrogen-bond donors (Lipinski definition) is 1. The van der Waals surface area contributed by atoms with Crippen LogP contribution in [-0.4, -0.2) is 6.84 Å². The third kappa shape index (κ3) is 1.85. The molecule has 0 saturated heterocycles. The Balaban J connectivity index is 2.56. The standard InChI is InChI=1S/C10H10BF5N2/c1-6(2)9-11(15,16)18-4-3-7(10(12,13)14)5-8(18)17-9/h3-5,17H,1-2H3. The largest absolute Gasteiger partial charge is 0.586 e. The summed E-state index contributed by atoms with van der Waals surface area (Å²) in [7, 11) is 0. The highest BCUT2D eigenvalue weighted by molar-refractivity contribution is 6.67. The second-order valence-electron chi connectivity index (χ2n) is 4.37. The Morgan fingerprint density at radius 3 is 2.39 bits per heavy atom. The number of pyridine rings is 1. The van der Waals surface area contributed by atoms with E-state index in [9.17, 15) is 21.8 Å². The van der Waals surface area contributed by atoms with Crippen molar-refractivity contribution >= 4 is 12.7 Å². The van der Waals surface area contributed by atoms with Gasteiger partial charge in [-0.2, -0.15) is 13.2 Å². The van der Waals surface area contributed by atoms with Crippen LogP contribution in [0.3, 0.4) is 0 Å². The van der Waals surface area contributed by atoms with Gasteiger partial charge in [0.1, 0.15) is 0 Å². The van der Waals surface area contributed by atoms with Gasteiger partial charge in [-0.15, -0.1) is 0 Å². The molecule has 0 unspecified atom stereocenters. The Morgan fingerprint density at radius 1 is 1.28 bits per heavy atom. The topological polar surface area (TPSA) is 15.9 Å². The second-order valence-corrected chi connectivity index (χ2v) is 4.37. The molecule has 0 atom stereocenters. The van der Waals surface area contributed by atoms with E-state index in [1.807, 2.05) is 0 Å². The molecule has 18 heavy (non-hydrogen) atoms. The van der Waals surface area contributed by atoms with Gasteiger partial charge in [0.15, 0.2) is 0 Å². The van der Waals surface area contributed by atoms with Crippen LogP contribution < -0.4 is 9.79 Å². The number of fused-ring (bicyclic) bond motifs is 1. The van der Waals surface area contributed by atoms with Gasteiger partial charge in [-0.3, -0.25) is 5.32 Å². The highest BCUT2D eigenvalue weighted by Crippen LogP contribution is 2.33. The van der Waals surface area contributed by atoms with Crippen molar-refractivity contribution in [3.05, 3.63) is 35.1 Å². The average Bonchev–Trinajstić information content (AvgIpc) is 2.49. The minimum absolute atomic E-state index is 0.244. The van der Waals surface area contributed by atoms with Gasteiger partial charge in [-0.05, 0) is 19.9 Å². The number of nitrogens with zero attached hydrogens (tertiary/aromatic N) is 1. The highest BCUT2D eigenvalue weighted by Gasteiger charge is 2.49. The van der Waals surface area contributed by atoms with Crippen LogP contribution in [-0.2, 0) is 6.18 Å². The lowest BCUT2D eigenvalue weighted by Crippen LogP contribution is -2.56. The fourth-order valence-electron chi connectivity index (χ4n) is 1.91. The molecule has 98 valence electrons. The molecule has 0 fully saturated rings. The zero-order valence-electron chi connectivity index (χ0n) is 9.65. The lowest BCUT2D eigenvalue weighted by molar-refractivity contribution is -0.543. The number of halogens is 5. The lowest BCUT2D eigenvalue weighted by Gasteiger charge is -2.15. The summed E-state index contributed by atoms with van der Waals surface area (Å²) in [5, 5.41) is 2.36. The molecular formula is C10H10BF5N2. The van der Waals surface area contributed by atoms with Crippen LogP contribution in [0.4, 0.5) is 27.6 Å². The fraction of sp³-hybridized carbons (Fsp3) is 0.300. The summed E-state index contributed by atoms with van der Waals surface area (Å²) in [5.41, 5.74) is -0.936. The van der Waals surface area contributed by atoms with E-state index in [2.05, 4.69) is 5.32 Å². The van der Waals surface area contributed by atoms with Crippen molar-refractivity contribution in [2.24, 2.45) is 0 Å². The van der Waals surface area contributed by atoms with Gasteiger partial charge in [-0.1, -0.05) is 5.57 Å². The minimum Gasteiger partial charge on any atom is -0.430 e. The van der Waals surface area contributed by atoms with Crippen molar-refractivity contribution in [2.45, 2.75) is 20.0 Å². The molecule has 0 aliphatic carbocycles. The fourth-order valence-corrected chi connectivity index (χ4v) is 1.91. The number of anilines is 1. The number of aromatic nitrogens is 1. The molecule has 0 aromatic carbocycles. The number of nitrogens with one attached hydrogen (secondary N) is 1. The molecule has 1 N–H and O–H groups in total. The summed E-state index contributed by atoms with van der Waals surface area (Å²) < 4.78 is 65.8. The van der Waals surface area contributed by atoms with Gasteiger partial charge in [-0.25, -0.2) is 0 Å². The third-order valence-electron chi connectivity index (χ3n) is 2.81. The molecule has 1 aliphatic rings. The monoisotopic (exact) mass is 264 g/mol. The van der Waals surface area contributed by atoms with Crippen molar-refractivity contribution in [3.8, 4) is 0 Å². The smallest absolute Gasteiger partial charge is 0.430 e. The summed E-state index contributed by atoms with van der Waals surface area (Å²) in [4.78, 5) is 0. The first-order valence-electron chi connectivity index (χ1n) is 5.23.